The van der Waals surface area contributed by atoms with E-state index >= 15 is 0 Å². The number of nitro groups is 1. The van der Waals surface area contributed by atoms with Crippen LogP contribution in [0.1, 0.15) is 10.5 Å². The lowest BCUT2D eigenvalue weighted by Crippen LogP contribution is -2.15. The van der Waals surface area contributed by atoms with Gasteiger partial charge in [0.05, 0.1) is 0 Å². The van der Waals surface area contributed by atoms with Crippen LogP contribution in [0.3, 0.4) is 0 Å². The van der Waals surface area contributed by atoms with Crippen molar-refractivity contribution in [2.45, 2.75) is 0 Å². The summed E-state index contributed by atoms with van der Waals surface area (Å²) in [7, 11) is 0. The lowest BCUT2D eigenvalue weighted by atomic mass is 10.2. The number of fused-ring (bicyclic) bond motifs is 1. The number of aromatic carboxylic acids is 1. The summed E-state index contributed by atoms with van der Waals surface area (Å²) in [6.07, 6.45) is 0. The topological polar surface area (TPSA) is 85.4 Å². The van der Waals surface area contributed by atoms with Gasteiger partial charge in [0.1, 0.15) is 5.52 Å². The van der Waals surface area contributed by atoms with Gasteiger partial charge in [0.2, 0.25) is 0 Å². The molecule has 0 saturated heterocycles. The third-order valence-electron chi connectivity index (χ3n) is 2.07. The SMILES string of the molecule is O=C(O)c1cc2ccccc2n1[N+](=O)[O-]. The van der Waals surface area contributed by atoms with E-state index in [2.05, 4.69) is 0 Å². The summed E-state index contributed by atoms with van der Waals surface area (Å²) in [6, 6.07) is 7.72. The van der Waals surface area contributed by atoms with Gasteiger partial charge in [-0.25, -0.2) is 14.9 Å². The Morgan fingerprint density at radius 2 is 2.07 bits per heavy atom. The number of nitrogens with zero attached hydrogens (tertiary/aromatic N) is 2. The van der Waals surface area contributed by atoms with Crippen LogP contribution in [-0.2, 0) is 0 Å². The van der Waals surface area contributed by atoms with E-state index in [1.165, 1.54) is 12.1 Å². The maximum Gasteiger partial charge on any atom is 0.358 e. The molecule has 15 heavy (non-hydrogen) atoms. The first-order valence-corrected chi connectivity index (χ1v) is 4.09. The van der Waals surface area contributed by atoms with Crippen LogP contribution in [0.25, 0.3) is 10.9 Å². The second-order valence-corrected chi connectivity index (χ2v) is 2.94. The highest BCUT2D eigenvalue weighted by molar-refractivity contribution is 5.94. The number of hydrogen-bond donors (Lipinski definition) is 1. The Balaban J connectivity index is 2.86. The molecule has 0 fully saturated rings. The van der Waals surface area contributed by atoms with Crippen molar-refractivity contribution >= 4 is 16.9 Å². The molecule has 0 saturated carbocycles. The molecule has 0 aliphatic heterocycles. The summed E-state index contributed by atoms with van der Waals surface area (Å²) >= 11 is 0. The molecule has 1 heterocycles. The average Bonchev–Trinajstić information content (AvgIpc) is 2.56. The van der Waals surface area contributed by atoms with Gasteiger partial charge in [0.25, 0.3) is 0 Å². The molecule has 0 spiro atoms. The molecule has 2 rings (SSSR count). The van der Waals surface area contributed by atoms with Crippen LogP contribution in [0.15, 0.2) is 30.3 Å². The smallest absolute Gasteiger partial charge is 0.358 e. The van der Waals surface area contributed by atoms with Crippen molar-refractivity contribution < 1.29 is 14.9 Å². The summed E-state index contributed by atoms with van der Waals surface area (Å²) in [4.78, 5) is 21.5. The van der Waals surface area contributed by atoms with E-state index in [1.54, 1.807) is 18.2 Å². The van der Waals surface area contributed by atoms with E-state index in [1.807, 2.05) is 0 Å². The summed E-state index contributed by atoms with van der Waals surface area (Å²) in [5, 5.41) is 19.3. The number of carboxylic acid groups (broad SMARTS) is 1. The van der Waals surface area contributed by atoms with Crippen molar-refractivity contribution in [1.29, 1.82) is 0 Å². The van der Waals surface area contributed by atoms with Crippen molar-refractivity contribution in [3.63, 3.8) is 0 Å². The maximum absolute atomic E-state index is 10.8. The molecular weight excluding hydrogens is 200 g/mol. The average molecular weight is 206 g/mol. The van der Waals surface area contributed by atoms with Gasteiger partial charge >= 0.3 is 5.97 Å². The van der Waals surface area contributed by atoms with E-state index < -0.39 is 11.0 Å². The maximum atomic E-state index is 10.8. The Bertz CT molecular complexity index is 558. The standard InChI is InChI=1S/C9H6N2O4/c12-9(13)8-5-6-3-1-2-4-7(6)10(8)11(14)15/h1-5H,(H,12,13). The number of hydrogen-bond acceptors (Lipinski definition) is 3. The van der Waals surface area contributed by atoms with Gasteiger partial charge in [-0.3, -0.25) is 0 Å². The molecule has 6 nitrogen and oxygen atoms in total. The molecule has 0 aliphatic rings. The van der Waals surface area contributed by atoms with Crippen LogP contribution in [0.4, 0.5) is 0 Å². The second kappa shape index (κ2) is 3.09. The number of aromatic nitrogens is 1. The van der Waals surface area contributed by atoms with E-state index in [-0.39, 0.29) is 11.2 Å². The largest absolute Gasteiger partial charge is 0.476 e. The highest BCUT2D eigenvalue weighted by Gasteiger charge is 2.21. The van der Waals surface area contributed by atoms with Gasteiger partial charge in [0, 0.05) is 5.39 Å². The van der Waals surface area contributed by atoms with Crippen LogP contribution in [0.2, 0.25) is 0 Å². The number of carboxylic acids is 1. The third-order valence-corrected chi connectivity index (χ3v) is 2.07. The molecule has 0 aliphatic carbocycles. The molecule has 0 bridgehead atoms. The summed E-state index contributed by atoms with van der Waals surface area (Å²) in [6.45, 7) is 0. The van der Waals surface area contributed by atoms with E-state index in [9.17, 15) is 14.9 Å². The fraction of sp³-hybridized carbons (Fsp3) is 0. The predicted molar refractivity (Wildman–Crippen MR) is 51.3 cm³/mol. The first kappa shape index (κ1) is 9.20. The quantitative estimate of drug-likeness (QED) is 0.594. The fourth-order valence-electron chi connectivity index (χ4n) is 1.47. The molecule has 1 aromatic carbocycles. The zero-order valence-corrected chi connectivity index (χ0v) is 7.45. The van der Waals surface area contributed by atoms with Gasteiger partial charge in [-0.15, -0.1) is 0 Å². The van der Waals surface area contributed by atoms with Crippen molar-refractivity contribution in [3.8, 4) is 0 Å². The normalized spacial score (nSPS) is 10.4. The molecule has 0 unspecified atom stereocenters. The number of carbonyl (C=O) groups is 1. The monoisotopic (exact) mass is 206 g/mol. The molecule has 2 aromatic rings. The van der Waals surface area contributed by atoms with Crippen LogP contribution < -0.4 is 0 Å². The Morgan fingerprint density at radius 1 is 1.40 bits per heavy atom. The fourth-order valence-corrected chi connectivity index (χ4v) is 1.47. The Morgan fingerprint density at radius 3 is 2.67 bits per heavy atom. The van der Waals surface area contributed by atoms with E-state index in [0.29, 0.717) is 10.1 Å². The Kier molecular flexibility index (Phi) is 1.89. The van der Waals surface area contributed by atoms with Gasteiger partial charge in [0.15, 0.2) is 10.7 Å². The van der Waals surface area contributed by atoms with Gasteiger partial charge in [-0.05, 0) is 12.1 Å². The zero-order valence-electron chi connectivity index (χ0n) is 7.45. The van der Waals surface area contributed by atoms with Crippen LogP contribution in [0, 0.1) is 10.1 Å². The van der Waals surface area contributed by atoms with Crippen LogP contribution in [0.5, 0.6) is 0 Å². The molecule has 0 atom stereocenters. The lowest BCUT2D eigenvalue weighted by molar-refractivity contribution is -0.538. The molecule has 1 aromatic heterocycles. The number of para-hydroxylation sites is 1. The predicted octanol–water partition coefficient (Wildman–Crippen LogP) is 1.38. The molecular formula is C9H6N2O4. The van der Waals surface area contributed by atoms with Gasteiger partial charge in [-0.2, -0.15) is 0 Å². The molecule has 0 radical (unpaired) electrons. The van der Waals surface area contributed by atoms with E-state index in [4.69, 9.17) is 5.11 Å². The van der Waals surface area contributed by atoms with Crippen LogP contribution >= 0.6 is 0 Å². The minimum Gasteiger partial charge on any atom is -0.476 e. The zero-order chi connectivity index (χ0) is 11.0. The minimum absolute atomic E-state index is 0.278. The van der Waals surface area contributed by atoms with Crippen molar-refractivity contribution in [2.75, 3.05) is 0 Å². The molecule has 6 heteroatoms. The highest BCUT2D eigenvalue weighted by Crippen LogP contribution is 2.19. The summed E-state index contributed by atoms with van der Waals surface area (Å²) in [5.41, 5.74) is -0.0684. The molecule has 0 amide bonds. The van der Waals surface area contributed by atoms with Crippen molar-refractivity contribution in [2.24, 2.45) is 0 Å². The van der Waals surface area contributed by atoms with E-state index in [0.717, 1.165) is 0 Å². The van der Waals surface area contributed by atoms with Crippen molar-refractivity contribution in [3.05, 3.63) is 46.1 Å². The summed E-state index contributed by atoms with van der Waals surface area (Å²) < 4.78 is 0.567. The van der Waals surface area contributed by atoms with Gasteiger partial charge < -0.3 is 5.11 Å². The first-order valence-electron chi connectivity index (χ1n) is 4.09. The first-order chi connectivity index (χ1) is 7.11. The van der Waals surface area contributed by atoms with Crippen LogP contribution in [-0.4, -0.2) is 20.8 Å². The highest BCUT2D eigenvalue weighted by atomic mass is 16.7. The second-order valence-electron chi connectivity index (χ2n) is 2.94. The Labute approximate surface area is 83.5 Å². The van der Waals surface area contributed by atoms with Crippen molar-refractivity contribution in [1.82, 2.24) is 4.68 Å². The van der Waals surface area contributed by atoms with Gasteiger partial charge in [-0.1, -0.05) is 22.9 Å². The molecule has 1 N–H and O–H groups in total. The number of benzene rings is 1. The Hall–Kier alpha value is -2.37. The molecule has 76 valence electrons. The third kappa shape index (κ3) is 1.32. The lowest BCUT2D eigenvalue weighted by Gasteiger charge is -1.95. The number of rotatable bonds is 2. The summed E-state index contributed by atoms with van der Waals surface area (Å²) in [5.74, 6) is -1.32. The minimum atomic E-state index is -1.32.